The van der Waals surface area contributed by atoms with Gasteiger partial charge in [0.2, 0.25) is 0 Å². The Bertz CT molecular complexity index is 392. The molecule has 0 aliphatic rings. The minimum Gasteiger partial charge on any atom is -0.504 e. The molecule has 1 heterocycles. The van der Waals surface area contributed by atoms with Crippen LogP contribution in [0.3, 0.4) is 0 Å². The van der Waals surface area contributed by atoms with Crippen molar-refractivity contribution >= 4 is 0 Å². The van der Waals surface area contributed by atoms with E-state index in [1.165, 1.54) is 0 Å². The molecule has 0 aliphatic heterocycles. The monoisotopic (exact) mass is 238 g/mol. The van der Waals surface area contributed by atoms with Crippen molar-refractivity contribution in [3.8, 4) is 5.75 Å². The molecular weight excluding hydrogens is 212 g/mol. The molecule has 0 amide bonds. The third-order valence-electron chi connectivity index (χ3n) is 2.76. The summed E-state index contributed by atoms with van der Waals surface area (Å²) in [6, 6.07) is 0. The Morgan fingerprint density at radius 3 is 1.94 bits per heavy atom. The third-order valence-corrected chi connectivity index (χ3v) is 2.76. The van der Waals surface area contributed by atoms with E-state index in [9.17, 15) is 5.11 Å². The maximum atomic E-state index is 10.4. The second kappa shape index (κ2) is 4.35. The van der Waals surface area contributed by atoms with Gasteiger partial charge in [0.15, 0.2) is 5.75 Å². The van der Waals surface area contributed by atoms with E-state index in [0.717, 1.165) is 24.2 Å². The lowest BCUT2D eigenvalue weighted by Gasteiger charge is -2.28. The quantitative estimate of drug-likeness (QED) is 0.855. The topological polar surface area (TPSA) is 38.0 Å². The van der Waals surface area contributed by atoms with Crippen LogP contribution in [0.1, 0.15) is 66.3 Å². The van der Waals surface area contributed by atoms with Crippen LogP contribution in [0.2, 0.25) is 0 Å². The highest BCUT2D eigenvalue weighted by atomic mass is 16.3. The molecule has 1 rings (SSSR count). The van der Waals surface area contributed by atoms with Crippen molar-refractivity contribution in [1.82, 2.24) is 9.78 Å². The van der Waals surface area contributed by atoms with E-state index in [-0.39, 0.29) is 11.0 Å². The molecule has 0 spiro atoms. The van der Waals surface area contributed by atoms with Gasteiger partial charge in [0.1, 0.15) is 5.69 Å². The Morgan fingerprint density at radius 1 is 1.12 bits per heavy atom. The number of nitrogens with zero attached hydrogens (tertiary/aromatic N) is 2. The zero-order valence-electron chi connectivity index (χ0n) is 12.3. The van der Waals surface area contributed by atoms with Crippen molar-refractivity contribution in [2.75, 3.05) is 0 Å². The summed E-state index contributed by atoms with van der Waals surface area (Å²) >= 11 is 0. The SMILES string of the molecule is CCCc1nn(C(C)(C)C)c(C(C)(C)C)c1O. The largest absolute Gasteiger partial charge is 0.504 e. The first-order valence-corrected chi connectivity index (χ1v) is 6.41. The van der Waals surface area contributed by atoms with Gasteiger partial charge in [-0.3, -0.25) is 4.68 Å². The molecule has 98 valence electrons. The van der Waals surface area contributed by atoms with Crippen LogP contribution in [0.15, 0.2) is 0 Å². The van der Waals surface area contributed by atoms with Crippen LogP contribution in [-0.4, -0.2) is 14.9 Å². The fourth-order valence-electron chi connectivity index (χ4n) is 2.02. The fourth-order valence-corrected chi connectivity index (χ4v) is 2.02. The fraction of sp³-hybridized carbons (Fsp3) is 0.786. The Morgan fingerprint density at radius 2 is 1.65 bits per heavy atom. The van der Waals surface area contributed by atoms with Crippen LogP contribution < -0.4 is 0 Å². The first-order chi connectivity index (χ1) is 7.59. The Kier molecular flexibility index (Phi) is 3.60. The number of aryl methyl sites for hydroxylation is 1. The van der Waals surface area contributed by atoms with Crippen molar-refractivity contribution in [2.24, 2.45) is 0 Å². The summed E-state index contributed by atoms with van der Waals surface area (Å²) in [6.07, 6.45) is 1.83. The van der Waals surface area contributed by atoms with E-state index in [2.05, 4.69) is 53.6 Å². The van der Waals surface area contributed by atoms with Gasteiger partial charge in [-0.05, 0) is 27.2 Å². The molecule has 1 N–H and O–H groups in total. The predicted molar refractivity (Wildman–Crippen MR) is 71.6 cm³/mol. The molecule has 0 radical (unpaired) electrons. The van der Waals surface area contributed by atoms with E-state index in [0.29, 0.717) is 5.75 Å². The minimum atomic E-state index is -0.105. The molecule has 1 aromatic rings. The Balaban J connectivity index is 3.43. The van der Waals surface area contributed by atoms with Gasteiger partial charge >= 0.3 is 0 Å². The van der Waals surface area contributed by atoms with Gasteiger partial charge in [0, 0.05) is 5.41 Å². The normalized spacial score (nSPS) is 13.1. The number of aromatic nitrogens is 2. The van der Waals surface area contributed by atoms with Crippen LogP contribution in [0.25, 0.3) is 0 Å². The van der Waals surface area contributed by atoms with E-state index < -0.39 is 0 Å². The van der Waals surface area contributed by atoms with Gasteiger partial charge in [-0.15, -0.1) is 0 Å². The summed E-state index contributed by atoms with van der Waals surface area (Å²) in [5, 5.41) is 15.0. The molecule has 0 aromatic carbocycles. The average Bonchev–Trinajstić information content (AvgIpc) is 2.43. The van der Waals surface area contributed by atoms with Gasteiger partial charge in [-0.1, -0.05) is 34.1 Å². The molecule has 0 unspecified atom stereocenters. The van der Waals surface area contributed by atoms with Gasteiger partial charge < -0.3 is 5.11 Å². The first kappa shape index (κ1) is 14.1. The van der Waals surface area contributed by atoms with Crippen molar-refractivity contribution in [3.05, 3.63) is 11.4 Å². The number of hydrogen-bond donors (Lipinski definition) is 1. The van der Waals surface area contributed by atoms with Crippen molar-refractivity contribution in [1.29, 1.82) is 0 Å². The van der Waals surface area contributed by atoms with E-state index in [1.54, 1.807) is 0 Å². The predicted octanol–water partition coefficient (Wildman–Crippen LogP) is 3.59. The van der Waals surface area contributed by atoms with Crippen molar-refractivity contribution in [3.63, 3.8) is 0 Å². The van der Waals surface area contributed by atoms with Crippen LogP contribution in [0.4, 0.5) is 0 Å². The average molecular weight is 238 g/mol. The highest BCUT2D eigenvalue weighted by Crippen LogP contribution is 2.36. The van der Waals surface area contributed by atoms with E-state index in [4.69, 9.17) is 0 Å². The Labute approximate surface area is 105 Å². The van der Waals surface area contributed by atoms with Gasteiger partial charge in [-0.2, -0.15) is 5.10 Å². The summed E-state index contributed by atoms with van der Waals surface area (Å²) in [5.41, 5.74) is 1.56. The molecular formula is C14H26N2O. The molecule has 0 bridgehead atoms. The maximum absolute atomic E-state index is 10.4. The Hall–Kier alpha value is -0.990. The zero-order chi connectivity index (χ0) is 13.4. The maximum Gasteiger partial charge on any atom is 0.160 e. The standard InChI is InChI=1S/C14H26N2O/c1-8-9-10-11(17)12(13(2,3)4)16(15-10)14(5,6)7/h17H,8-9H2,1-7H3. The summed E-state index contributed by atoms with van der Waals surface area (Å²) in [6.45, 7) is 14.8. The summed E-state index contributed by atoms with van der Waals surface area (Å²) in [5.74, 6) is 0.384. The van der Waals surface area contributed by atoms with Gasteiger partial charge in [0.25, 0.3) is 0 Å². The molecule has 0 fully saturated rings. The summed E-state index contributed by atoms with van der Waals surface area (Å²) < 4.78 is 1.98. The molecule has 0 aliphatic carbocycles. The lowest BCUT2D eigenvalue weighted by atomic mass is 9.89. The summed E-state index contributed by atoms with van der Waals surface area (Å²) in [4.78, 5) is 0. The lowest BCUT2D eigenvalue weighted by Crippen LogP contribution is -2.30. The lowest BCUT2D eigenvalue weighted by molar-refractivity contribution is 0.315. The van der Waals surface area contributed by atoms with Crippen LogP contribution in [0, 0.1) is 0 Å². The van der Waals surface area contributed by atoms with Crippen LogP contribution in [-0.2, 0) is 17.4 Å². The molecule has 1 aromatic heterocycles. The molecule has 0 saturated heterocycles. The molecule has 3 heteroatoms. The van der Waals surface area contributed by atoms with Gasteiger partial charge in [0.05, 0.1) is 11.2 Å². The highest BCUT2D eigenvalue weighted by molar-refractivity contribution is 5.37. The molecule has 17 heavy (non-hydrogen) atoms. The molecule has 0 saturated carbocycles. The second-order valence-corrected chi connectivity index (χ2v) is 6.73. The van der Waals surface area contributed by atoms with Crippen molar-refractivity contribution < 1.29 is 5.11 Å². The minimum absolute atomic E-state index is 0.101. The van der Waals surface area contributed by atoms with Crippen LogP contribution >= 0.6 is 0 Å². The van der Waals surface area contributed by atoms with Crippen LogP contribution in [0.5, 0.6) is 5.75 Å². The second-order valence-electron chi connectivity index (χ2n) is 6.73. The van der Waals surface area contributed by atoms with Gasteiger partial charge in [-0.25, -0.2) is 0 Å². The summed E-state index contributed by atoms with van der Waals surface area (Å²) in [7, 11) is 0. The highest BCUT2D eigenvalue weighted by Gasteiger charge is 2.31. The first-order valence-electron chi connectivity index (χ1n) is 6.41. The smallest absolute Gasteiger partial charge is 0.160 e. The molecule has 0 atom stereocenters. The van der Waals surface area contributed by atoms with Crippen molar-refractivity contribution in [2.45, 2.75) is 72.3 Å². The molecule has 3 nitrogen and oxygen atoms in total. The number of rotatable bonds is 2. The van der Waals surface area contributed by atoms with E-state index in [1.807, 2.05) is 4.68 Å². The number of aromatic hydroxyl groups is 1. The number of hydrogen-bond acceptors (Lipinski definition) is 2. The van der Waals surface area contributed by atoms with E-state index >= 15 is 0 Å². The zero-order valence-corrected chi connectivity index (χ0v) is 12.3. The third kappa shape index (κ3) is 2.82.